The van der Waals surface area contributed by atoms with Crippen LogP contribution in [0.5, 0.6) is 0 Å². The Morgan fingerprint density at radius 3 is 3.00 bits per heavy atom. The third-order valence-corrected chi connectivity index (χ3v) is 5.57. The second-order valence-corrected chi connectivity index (χ2v) is 7.53. The second kappa shape index (κ2) is 8.83. The first-order chi connectivity index (χ1) is 13.7. The molecule has 1 N–H and O–H groups in total. The number of carbonyl (C=O) groups excluding carboxylic acids is 1. The molecule has 2 aliphatic heterocycles. The van der Waals surface area contributed by atoms with Gasteiger partial charge in [0.2, 0.25) is 5.91 Å². The van der Waals surface area contributed by atoms with Gasteiger partial charge in [-0.3, -0.25) is 9.69 Å². The van der Waals surface area contributed by atoms with Crippen molar-refractivity contribution in [3.05, 3.63) is 12.0 Å². The molecule has 152 valence electrons. The van der Waals surface area contributed by atoms with Gasteiger partial charge in [-0.15, -0.1) is 0 Å². The standard InChI is InChI=1S/C19H28N6O3/c1-14-16-17(21-13-22-19(16)28-23-14)25-7-2-4-15(12-25)18(26)20-5-3-6-24-8-10-27-11-9-24/h13,15H,2-12H2,1H3,(H,20,26)/t15-/m0/s1. The molecule has 0 spiro atoms. The van der Waals surface area contributed by atoms with Gasteiger partial charge in [0.15, 0.2) is 0 Å². The van der Waals surface area contributed by atoms with Crippen LogP contribution in [0.1, 0.15) is 25.0 Å². The highest BCUT2D eigenvalue weighted by atomic mass is 16.5. The molecule has 1 atom stereocenters. The van der Waals surface area contributed by atoms with Crippen molar-refractivity contribution < 1.29 is 14.1 Å². The topological polar surface area (TPSA) is 96.6 Å². The molecule has 2 aromatic rings. The van der Waals surface area contributed by atoms with Gasteiger partial charge >= 0.3 is 0 Å². The molecule has 0 aliphatic carbocycles. The Hall–Kier alpha value is -2.26. The van der Waals surface area contributed by atoms with E-state index >= 15 is 0 Å². The van der Waals surface area contributed by atoms with E-state index in [2.05, 4.69) is 30.2 Å². The number of rotatable bonds is 6. The van der Waals surface area contributed by atoms with E-state index in [1.165, 1.54) is 6.33 Å². The van der Waals surface area contributed by atoms with Crippen molar-refractivity contribution in [3.63, 3.8) is 0 Å². The fourth-order valence-corrected chi connectivity index (χ4v) is 4.01. The smallest absolute Gasteiger partial charge is 0.263 e. The highest BCUT2D eigenvalue weighted by molar-refractivity contribution is 5.88. The van der Waals surface area contributed by atoms with Gasteiger partial charge in [-0.1, -0.05) is 5.16 Å². The average molecular weight is 388 g/mol. The Morgan fingerprint density at radius 1 is 1.29 bits per heavy atom. The number of nitrogens with zero attached hydrogens (tertiary/aromatic N) is 5. The number of amides is 1. The predicted octanol–water partition coefficient (Wildman–Crippen LogP) is 0.981. The number of anilines is 1. The fraction of sp³-hybridized carbons (Fsp3) is 0.684. The van der Waals surface area contributed by atoms with Crippen molar-refractivity contribution in [2.75, 3.05) is 57.4 Å². The van der Waals surface area contributed by atoms with Gasteiger partial charge in [0, 0.05) is 32.7 Å². The number of aromatic nitrogens is 3. The van der Waals surface area contributed by atoms with Gasteiger partial charge in [0.25, 0.3) is 5.71 Å². The van der Waals surface area contributed by atoms with Crippen molar-refractivity contribution in [2.45, 2.75) is 26.2 Å². The van der Waals surface area contributed by atoms with Crippen LogP contribution in [0.25, 0.3) is 11.1 Å². The van der Waals surface area contributed by atoms with E-state index in [1.54, 1.807) is 0 Å². The number of hydrogen-bond acceptors (Lipinski definition) is 8. The summed E-state index contributed by atoms with van der Waals surface area (Å²) in [6, 6.07) is 0. The van der Waals surface area contributed by atoms with Gasteiger partial charge < -0.3 is 19.5 Å². The lowest BCUT2D eigenvalue weighted by Gasteiger charge is -2.33. The van der Waals surface area contributed by atoms with Crippen molar-refractivity contribution in [1.82, 2.24) is 25.3 Å². The van der Waals surface area contributed by atoms with Crippen molar-refractivity contribution >= 4 is 22.8 Å². The molecule has 2 fully saturated rings. The van der Waals surface area contributed by atoms with Gasteiger partial charge in [-0.2, -0.15) is 4.98 Å². The quantitative estimate of drug-likeness (QED) is 0.732. The third kappa shape index (κ3) is 4.25. The van der Waals surface area contributed by atoms with E-state index in [9.17, 15) is 4.79 Å². The van der Waals surface area contributed by atoms with E-state index in [0.717, 1.165) is 82.1 Å². The number of aryl methyl sites for hydroxylation is 1. The normalized spacial score (nSPS) is 21.2. The Labute approximate surface area is 164 Å². The zero-order valence-corrected chi connectivity index (χ0v) is 16.4. The van der Waals surface area contributed by atoms with Crippen LogP contribution in [0.2, 0.25) is 0 Å². The van der Waals surface area contributed by atoms with Crippen LogP contribution in [0.4, 0.5) is 5.82 Å². The SMILES string of the molecule is Cc1noc2ncnc(N3CCC[C@H](C(=O)NCCCN4CCOCC4)C3)c12. The number of piperidine rings is 1. The number of hydrogen-bond donors (Lipinski definition) is 1. The molecule has 2 aliphatic rings. The molecular weight excluding hydrogens is 360 g/mol. The van der Waals surface area contributed by atoms with E-state index in [0.29, 0.717) is 12.3 Å². The maximum Gasteiger partial charge on any atom is 0.263 e. The van der Waals surface area contributed by atoms with Crippen LogP contribution < -0.4 is 10.2 Å². The van der Waals surface area contributed by atoms with Gasteiger partial charge in [0.1, 0.15) is 17.5 Å². The largest absolute Gasteiger partial charge is 0.379 e. The molecular formula is C19H28N6O3. The summed E-state index contributed by atoms with van der Waals surface area (Å²) < 4.78 is 10.6. The fourth-order valence-electron chi connectivity index (χ4n) is 4.01. The summed E-state index contributed by atoms with van der Waals surface area (Å²) in [5.74, 6) is 0.926. The molecule has 0 radical (unpaired) electrons. The van der Waals surface area contributed by atoms with Crippen molar-refractivity contribution in [3.8, 4) is 0 Å². The maximum absolute atomic E-state index is 12.7. The molecule has 0 saturated carbocycles. The monoisotopic (exact) mass is 388 g/mol. The Morgan fingerprint density at radius 2 is 2.14 bits per heavy atom. The van der Waals surface area contributed by atoms with Crippen LogP contribution in [-0.2, 0) is 9.53 Å². The molecule has 2 saturated heterocycles. The molecule has 4 rings (SSSR count). The lowest BCUT2D eigenvalue weighted by molar-refractivity contribution is -0.125. The first kappa shape index (κ1) is 19.1. The summed E-state index contributed by atoms with van der Waals surface area (Å²) >= 11 is 0. The Kier molecular flexibility index (Phi) is 6.01. The van der Waals surface area contributed by atoms with Gasteiger partial charge in [0.05, 0.1) is 24.8 Å². The minimum absolute atomic E-state index is 0.0256. The third-order valence-electron chi connectivity index (χ3n) is 5.57. The molecule has 0 aromatic carbocycles. The lowest BCUT2D eigenvalue weighted by Crippen LogP contribution is -2.44. The van der Waals surface area contributed by atoms with Gasteiger partial charge in [-0.25, -0.2) is 4.98 Å². The number of nitrogens with one attached hydrogen (secondary N) is 1. The first-order valence-corrected chi connectivity index (χ1v) is 10.1. The highest BCUT2D eigenvalue weighted by Crippen LogP contribution is 2.29. The number of morpholine rings is 1. The minimum Gasteiger partial charge on any atom is -0.379 e. The second-order valence-electron chi connectivity index (χ2n) is 7.53. The summed E-state index contributed by atoms with van der Waals surface area (Å²) in [4.78, 5) is 25.8. The summed E-state index contributed by atoms with van der Waals surface area (Å²) in [5.41, 5.74) is 1.28. The minimum atomic E-state index is -0.0256. The van der Waals surface area contributed by atoms with E-state index in [-0.39, 0.29) is 11.8 Å². The maximum atomic E-state index is 12.7. The zero-order chi connectivity index (χ0) is 19.3. The van der Waals surface area contributed by atoms with Crippen LogP contribution in [-0.4, -0.2) is 78.4 Å². The van der Waals surface area contributed by atoms with Crippen LogP contribution in [0, 0.1) is 12.8 Å². The molecule has 28 heavy (non-hydrogen) atoms. The molecule has 0 unspecified atom stereocenters. The lowest BCUT2D eigenvalue weighted by atomic mass is 9.97. The Balaban J connectivity index is 1.30. The number of ether oxygens (including phenoxy) is 1. The summed E-state index contributed by atoms with van der Waals surface area (Å²) in [5, 5.41) is 7.96. The van der Waals surface area contributed by atoms with Gasteiger partial charge in [-0.05, 0) is 32.7 Å². The molecule has 4 heterocycles. The number of carbonyl (C=O) groups is 1. The van der Waals surface area contributed by atoms with E-state index in [1.807, 2.05) is 6.92 Å². The zero-order valence-electron chi connectivity index (χ0n) is 16.4. The highest BCUT2D eigenvalue weighted by Gasteiger charge is 2.28. The van der Waals surface area contributed by atoms with E-state index < -0.39 is 0 Å². The van der Waals surface area contributed by atoms with Crippen LogP contribution >= 0.6 is 0 Å². The summed E-state index contributed by atoms with van der Waals surface area (Å²) in [6.45, 7) is 8.74. The van der Waals surface area contributed by atoms with Crippen molar-refractivity contribution in [2.24, 2.45) is 5.92 Å². The van der Waals surface area contributed by atoms with Crippen LogP contribution in [0.3, 0.4) is 0 Å². The van der Waals surface area contributed by atoms with Crippen molar-refractivity contribution in [1.29, 1.82) is 0 Å². The first-order valence-electron chi connectivity index (χ1n) is 10.1. The Bertz CT molecular complexity index is 804. The summed E-state index contributed by atoms with van der Waals surface area (Å²) in [6.07, 6.45) is 4.33. The molecule has 1 amide bonds. The predicted molar refractivity (Wildman–Crippen MR) is 104 cm³/mol. The van der Waals surface area contributed by atoms with E-state index in [4.69, 9.17) is 9.26 Å². The average Bonchev–Trinajstić information content (AvgIpc) is 3.13. The van der Waals surface area contributed by atoms with Crippen LogP contribution in [0.15, 0.2) is 10.9 Å². The molecule has 2 aromatic heterocycles. The summed E-state index contributed by atoms with van der Waals surface area (Å²) in [7, 11) is 0. The molecule has 9 nitrogen and oxygen atoms in total. The molecule has 9 heteroatoms. The number of fused-ring (bicyclic) bond motifs is 1. The molecule has 0 bridgehead atoms.